The van der Waals surface area contributed by atoms with Crippen LogP contribution in [-0.4, -0.2) is 21.3 Å². The molecule has 3 aromatic rings. The molecule has 0 aliphatic rings. The predicted octanol–water partition coefficient (Wildman–Crippen LogP) is 2.97. The first kappa shape index (κ1) is 11.9. The number of rotatable bonds is 2. The zero-order chi connectivity index (χ0) is 13.2. The minimum absolute atomic E-state index is 0.178. The monoisotopic (exact) mass is 316 g/mol. The number of fused-ring (bicyclic) bond motifs is 1. The summed E-state index contributed by atoms with van der Waals surface area (Å²) in [7, 11) is 0. The summed E-state index contributed by atoms with van der Waals surface area (Å²) in [6.45, 7) is 0. The number of hydrogen-bond donors (Lipinski definition) is 2. The van der Waals surface area contributed by atoms with Crippen molar-refractivity contribution >= 4 is 38.6 Å². The van der Waals surface area contributed by atoms with Crippen molar-refractivity contribution in [2.75, 3.05) is 5.32 Å². The van der Waals surface area contributed by atoms with Crippen LogP contribution in [0.4, 0.5) is 5.69 Å². The van der Waals surface area contributed by atoms with E-state index >= 15 is 0 Å². The van der Waals surface area contributed by atoms with Crippen molar-refractivity contribution in [3.05, 3.63) is 52.5 Å². The number of aromatic amines is 1. The zero-order valence-electron chi connectivity index (χ0n) is 9.72. The zero-order valence-corrected chi connectivity index (χ0v) is 11.3. The number of amides is 1. The highest BCUT2D eigenvalue weighted by atomic mass is 79.9. The molecule has 0 aliphatic carbocycles. The van der Waals surface area contributed by atoms with Gasteiger partial charge in [0.2, 0.25) is 0 Å². The molecular formula is C13H9BrN4O. The molecule has 6 heteroatoms. The van der Waals surface area contributed by atoms with E-state index in [0.29, 0.717) is 11.1 Å². The van der Waals surface area contributed by atoms with E-state index in [1.165, 1.54) is 0 Å². The van der Waals surface area contributed by atoms with Crippen LogP contribution >= 0.6 is 15.9 Å². The predicted molar refractivity (Wildman–Crippen MR) is 76.0 cm³/mol. The van der Waals surface area contributed by atoms with Crippen LogP contribution < -0.4 is 5.32 Å². The van der Waals surface area contributed by atoms with Gasteiger partial charge in [0.1, 0.15) is 11.0 Å². The topological polar surface area (TPSA) is 70.7 Å². The maximum atomic E-state index is 12.1. The van der Waals surface area contributed by atoms with E-state index in [-0.39, 0.29) is 5.91 Å². The summed E-state index contributed by atoms with van der Waals surface area (Å²) in [4.78, 5) is 12.1. The van der Waals surface area contributed by atoms with E-state index in [9.17, 15) is 4.79 Å². The number of carbonyl (C=O) groups excluding carboxylic acids is 1. The molecule has 3 rings (SSSR count). The number of carbonyl (C=O) groups is 1. The van der Waals surface area contributed by atoms with Gasteiger partial charge >= 0.3 is 0 Å². The van der Waals surface area contributed by atoms with Crippen LogP contribution in [-0.2, 0) is 0 Å². The lowest BCUT2D eigenvalue weighted by molar-refractivity contribution is 0.102. The van der Waals surface area contributed by atoms with E-state index in [2.05, 4.69) is 36.7 Å². The van der Waals surface area contributed by atoms with Gasteiger partial charge in [-0.05, 0) is 36.4 Å². The molecule has 0 bridgehead atoms. The molecule has 2 N–H and O–H groups in total. The Balaban J connectivity index is 1.87. The lowest BCUT2D eigenvalue weighted by Gasteiger charge is -2.05. The van der Waals surface area contributed by atoms with Crippen molar-refractivity contribution in [3.8, 4) is 0 Å². The SMILES string of the molecule is O=C(Nc1cccc(Br)c1)c1ccc2n[nH]nc2c1. The molecule has 19 heavy (non-hydrogen) atoms. The van der Waals surface area contributed by atoms with Crippen molar-refractivity contribution in [1.29, 1.82) is 0 Å². The molecule has 0 radical (unpaired) electrons. The van der Waals surface area contributed by atoms with Gasteiger partial charge in [0.05, 0.1) is 0 Å². The van der Waals surface area contributed by atoms with Crippen molar-refractivity contribution in [2.45, 2.75) is 0 Å². The van der Waals surface area contributed by atoms with Crippen LogP contribution in [0, 0.1) is 0 Å². The van der Waals surface area contributed by atoms with Gasteiger partial charge < -0.3 is 5.32 Å². The number of H-pyrrole nitrogens is 1. The van der Waals surface area contributed by atoms with Gasteiger partial charge in [0.25, 0.3) is 5.91 Å². The molecule has 0 aliphatic heterocycles. The molecule has 0 atom stereocenters. The van der Waals surface area contributed by atoms with Crippen molar-refractivity contribution in [2.24, 2.45) is 0 Å². The average Bonchev–Trinajstić information content (AvgIpc) is 2.85. The summed E-state index contributed by atoms with van der Waals surface area (Å²) in [5.41, 5.74) is 2.68. The second-order valence-electron chi connectivity index (χ2n) is 3.99. The number of benzene rings is 2. The second kappa shape index (κ2) is 4.81. The molecule has 1 amide bonds. The number of nitrogens with one attached hydrogen (secondary N) is 2. The Morgan fingerprint density at radius 3 is 2.79 bits per heavy atom. The lowest BCUT2D eigenvalue weighted by Crippen LogP contribution is -2.11. The number of nitrogens with zero attached hydrogens (tertiary/aromatic N) is 2. The molecule has 1 aromatic heterocycles. The highest BCUT2D eigenvalue weighted by molar-refractivity contribution is 9.10. The summed E-state index contributed by atoms with van der Waals surface area (Å²) < 4.78 is 0.914. The molecule has 0 spiro atoms. The number of halogens is 1. The van der Waals surface area contributed by atoms with E-state index in [1.54, 1.807) is 18.2 Å². The number of hydrogen-bond acceptors (Lipinski definition) is 3. The van der Waals surface area contributed by atoms with Gasteiger partial charge in [0, 0.05) is 15.7 Å². The first-order valence-corrected chi connectivity index (χ1v) is 6.39. The van der Waals surface area contributed by atoms with E-state index in [4.69, 9.17) is 0 Å². The minimum atomic E-state index is -0.178. The van der Waals surface area contributed by atoms with Crippen LogP contribution in [0.25, 0.3) is 11.0 Å². The van der Waals surface area contributed by atoms with Crippen LogP contribution in [0.1, 0.15) is 10.4 Å². The smallest absolute Gasteiger partial charge is 0.255 e. The van der Waals surface area contributed by atoms with Gasteiger partial charge in [-0.25, -0.2) is 0 Å². The van der Waals surface area contributed by atoms with Crippen molar-refractivity contribution in [1.82, 2.24) is 15.4 Å². The normalized spacial score (nSPS) is 10.6. The molecule has 5 nitrogen and oxygen atoms in total. The van der Waals surface area contributed by atoms with E-state index in [0.717, 1.165) is 15.7 Å². The maximum absolute atomic E-state index is 12.1. The van der Waals surface area contributed by atoms with Crippen LogP contribution in [0.5, 0.6) is 0 Å². The van der Waals surface area contributed by atoms with Gasteiger partial charge in [-0.2, -0.15) is 15.4 Å². The maximum Gasteiger partial charge on any atom is 0.255 e. The fourth-order valence-electron chi connectivity index (χ4n) is 1.75. The summed E-state index contributed by atoms with van der Waals surface area (Å²) in [6.07, 6.45) is 0. The first-order chi connectivity index (χ1) is 9.22. The second-order valence-corrected chi connectivity index (χ2v) is 4.91. The van der Waals surface area contributed by atoms with Crippen molar-refractivity contribution < 1.29 is 4.79 Å². The molecular weight excluding hydrogens is 308 g/mol. The van der Waals surface area contributed by atoms with E-state index in [1.807, 2.05) is 24.3 Å². The third-order valence-electron chi connectivity index (χ3n) is 2.66. The highest BCUT2D eigenvalue weighted by Gasteiger charge is 2.08. The summed E-state index contributed by atoms with van der Waals surface area (Å²) >= 11 is 3.36. The minimum Gasteiger partial charge on any atom is -0.322 e. The fourth-order valence-corrected chi connectivity index (χ4v) is 2.15. The average molecular weight is 317 g/mol. The Bertz CT molecular complexity index is 753. The summed E-state index contributed by atoms with van der Waals surface area (Å²) in [5, 5.41) is 13.3. The highest BCUT2D eigenvalue weighted by Crippen LogP contribution is 2.17. The van der Waals surface area contributed by atoms with E-state index < -0.39 is 0 Å². The Kier molecular flexibility index (Phi) is 3.00. The lowest BCUT2D eigenvalue weighted by atomic mass is 10.2. The van der Waals surface area contributed by atoms with Crippen molar-refractivity contribution in [3.63, 3.8) is 0 Å². The molecule has 2 aromatic carbocycles. The molecule has 1 heterocycles. The Hall–Kier alpha value is -2.21. The molecule has 0 fully saturated rings. The standard InChI is InChI=1S/C13H9BrN4O/c14-9-2-1-3-10(7-9)15-13(19)8-4-5-11-12(6-8)17-18-16-11/h1-7H,(H,15,19)(H,16,17,18). The molecule has 0 saturated carbocycles. The molecule has 94 valence electrons. The third-order valence-corrected chi connectivity index (χ3v) is 3.15. The van der Waals surface area contributed by atoms with Gasteiger partial charge in [-0.1, -0.05) is 22.0 Å². The molecule has 0 unspecified atom stereocenters. The Morgan fingerprint density at radius 2 is 1.95 bits per heavy atom. The Morgan fingerprint density at radius 1 is 1.11 bits per heavy atom. The quantitative estimate of drug-likeness (QED) is 0.763. The first-order valence-electron chi connectivity index (χ1n) is 5.60. The van der Waals surface area contributed by atoms with Gasteiger partial charge in [-0.3, -0.25) is 4.79 Å². The van der Waals surface area contributed by atoms with Crippen LogP contribution in [0.15, 0.2) is 46.9 Å². The largest absolute Gasteiger partial charge is 0.322 e. The summed E-state index contributed by atoms with van der Waals surface area (Å²) in [6, 6.07) is 12.6. The van der Waals surface area contributed by atoms with Gasteiger partial charge in [0.15, 0.2) is 0 Å². The molecule has 0 saturated heterocycles. The third kappa shape index (κ3) is 2.48. The number of anilines is 1. The summed E-state index contributed by atoms with van der Waals surface area (Å²) in [5.74, 6) is -0.178. The fraction of sp³-hybridized carbons (Fsp3) is 0. The van der Waals surface area contributed by atoms with Gasteiger partial charge in [-0.15, -0.1) is 0 Å². The van der Waals surface area contributed by atoms with Crippen LogP contribution in [0.3, 0.4) is 0 Å². The van der Waals surface area contributed by atoms with Crippen LogP contribution in [0.2, 0.25) is 0 Å². The number of aromatic nitrogens is 3. The Labute approximate surface area is 117 Å².